The Labute approximate surface area is 140 Å². The Morgan fingerprint density at radius 3 is 2.96 bits per heavy atom. The number of hydrogen-bond donors (Lipinski definition) is 0. The maximum atomic E-state index is 13.5. The molecule has 1 saturated heterocycles. The SMILES string of the molecule is Cc1nnnn1C(Cc1cccc(F)c1)C(=O)N1CCCC(C)C1. The number of benzene rings is 1. The van der Waals surface area contributed by atoms with Gasteiger partial charge in [-0.05, 0) is 53.8 Å². The van der Waals surface area contributed by atoms with Gasteiger partial charge in [0.25, 0.3) is 0 Å². The van der Waals surface area contributed by atoms with E-state index in [9.17, 15) is 9.18 Å². The average Bonchev–Trinajstić information content (AvgIpc) is 2.98. The molecule has 2 unspecified atom stereocenters. The second-order valence-electron chi connectivity index (χ2n) is 6.55. The maximum absolute atomic E-state index is 13.5. The summed E-state index contributed by atoms with van der Waals surface area (Å²) < 4.78 is 15.1. The lowest BCUT2D eigenvalue weighted by Gasteiger charge is -2.33. The van der Waals surface area contributed by atoms with Crippen molar-refractivity contribution in [3.05, 3.63) is 41.5 Å². The number of tetrazole rings is 1. The number of aryl methyl sites for hydroxylation is 1. The van der Waals surface area contributed by atoms with Gasteiger partial charge in [-0.2, -0.15) is 0 Å². The van der Waals surface area contributed by atoms with Gasteiger partial charge in [-0.15, -0.1) is 5.10 Å². The third kappa shape index (κ3) is 3.60. The van der Waals surface area contributed by atoms with Crippen molar-refractivity contribution in [1.29, 1.82) is 0 Å². The van der Waals surface area contributed by atoms with Crippen LogP contribution in [0.25, 0.3) is 0 Å². The summed E-state index contributed by atoms with van der Waals surface area (Å²) in [5.41, 5.74) is 0.758. The smallest absolute Gasteiger partial charge is 0.247 e. The molecule has 0 radical (unpaired) electrons. The summed E-state index contributed by atoms with van der Waals surface area (Å²) in [5, 5.41) is 11.5. The topological polar surface area (TPSA) is 63.9 Å². The fraction of sp³-hybridized carbons (Fsp3) is 0.529. The number of halogens is 1. The molecule has 1 aromatic carbocycles. The molecule has 2 atom stereocenters. The molecule has 1 fully saturated rings. The van der Waals surface area contributed by atoms with Gasteiger partial charge in [0, 0.05) is 19.5 Å². The van der Waals surface area contributed by atoms with E-state index in [0.29, 0.717) is 18.2 Å². The first-order valence-electron chi connectivity index (χ1n) is 8.32. The molecule has 2 aromatic rings. The Morgan fingerprint density at radius 2 is 2.29 bits per heavy atom. The zero-order valence-corrected chi connectivity index (χ0v) is 14.0. The van der Waals surface area contributed by atoms with Crippen LogP contribution >= 0.6 is 0 Å². The van der Waals surface area contributed by atoms with Crippen molar-refractivity contribution in [2.75, 3.05) is 13.1 Å². The van der Waals surface area contributed by atoms with Crippen LogP contribution in [0.4, 0.5) is 4.39 Å². The number of amides is 1. The lowest BCUT2D eigenvalue weighted by atomic mass is 9.98. The summed E-state index contributed by atoms with van der Waals surface area (Å²) in [6.07, 6.45) is 2.52. The molecule has 0 bridgehead atoms. The molecule has 1 aromatic heterocycles. The van der Waals surface area contributed by atoms with Crippen LogP contribution in [-0.2, 0) is 11.2 Å². The van der Waals surface area contributed by atoms with Gasteiger partial charge in [0.15, 0.2) is 0 Å². The largest absolute Gasteiger partial charge is 0.341 e. The van der Waals surface area contributed by atoms with Gasteiger partial charge in [0.05, 0.1) is 0 Å². The predicted octanol–water partition coefficient (Wildman–Crippen LogP) is 2.16. The lowest BCUT2D eigenvalue weighted by Crippen LogP contribution is -2.44. The molecule has 7 heteroatoms. The van der Waals surface area contributed by atoms with Gasteiger partial charge in [-0.3, -0.25) is 4.79 Å². The highest BCUT2D eigenvalue weighted by molar-refractivity contribution is 5.80. The van der Waals surface area contributed by atoms with Crippen molar-refractivity contribution in [3.63, 3.8) is 0 Å². The molecule has 6 nitrogen and oxygen atoms in total. The molecule has 0 N–H and O–H groups in total. The second kappa shape index (κ2) is 7.07. The zero-order valence-electron chi connectivity index (χ0n) is 14.0. The molecule has 1 aliphatic heterocycles. The minimum absolute atomic E-state index is 0.00112. The van der Waals surface area contributed by atoms with Crippen molar-refractivity contribution in [3.8, 4) is 0 Å². The molecular formula is C17H22FN5O. The molecular weight excluding hydrogens is 309 g/mol. The van der Waals surface area contributed by atoms with Gasteiger partial charge in [-0.25, -0.2) is 9.07 Å². The van der Waals surface area contributed by atoms with Crippen molar-refractivity contribution < 1.29 is 9.18 Å². The summed E-state index contributed by atoms with van der Waals surface area (Å²) in [6.45, 7) is 5.43. The summed E-state index contributed by atoms with van der Waals surface area (Å²) in [6, 6.07) is 5.78. The van der Waals surface area contributed by atoms with Gasteiger partial charge in [0.1, 0.15) is 17.7 Å². The summed E-state index contributed by atoms with van der Waals surface area (Å²) >= 11 is 0. The number of carbonyl (C=O) groups excluding carboxylic acids is 1. The van der Waals surface area contributed by atoms with Gasteiger partial charge < -0.3 is 4.90 Å². The third-order valence-electron chi connectivity index (χ3n) is 4.52. The Morgan fingerprint density at radius 1 is 1.46 bits per heavy atom. The van der Waals surface area contributed by atoms with Crippen LogP contribution in [0.2, 0.25) is 0 Å². The van der Waals surface area contributed by atoms with Crippen LogP contribution in [0.3, 0.4) is 0 Å². The first-order valence-corrected chi connectivity index (χ1v) is 8.32. The van der Waals surface area contributed by atoms with Gasteiger partial charge in [0.2, 0.25) is 5.91 Å². The van der Waals surface area contributed by atoms with E-state index in [4.69, 9.17) is 0 Å². The molecule has 1 aliphatic rings. The molecule has 0 aliphatic carbocycles. The lowest BCUT2D eigenvalue weighted by molar-refractivity contribution is -0.136. The minimum Gasteiger partial charge on any atom is -0.341 e. The number of rotatable bonds is 4. The number of carbonyl (C=O) groups is 1. The quantitative estimate of drug-likeness (QED) is 0.861. The van der Waals surface area contributed by atoms with Crippen molar-refractivity contribution in [2.45, 2.75) is 39.2 Å². The highest BCUT2D eigenvalue weighted by Crippen LogP contribution is 2.22. The van der Waals surface area contributed by atoms with Crippen molar-refractivity contribution >= 4 is 5.91 Å². The Bertz CT molecular complexity index is 717. The number of aromatic nitrogens is 4. The first kappa shape index (κ1) is 16.5. The van der Waals surface area contributed by atoms with Crippen LogP contribution in [0.15, 0.2) is 24.3 Å². The first-order chi connectivity index (χ1) is 11.5. The highest BCUT2D eigenvalue weighted by Gasteiger charge is 2.31. The molecule has 1 amide bonds. The normalized spacial score (nSPS) is 19.3. The minimum atomic E-state index is -0.549. The predicted molar refractivity (Wildman–Crippen MR) is 86.7 cm³/mol. The number of piperidine rings is 1. The van der Waals surface area contributed by atoms with E-state index in [-0.39, 0.29) is 11.7 Å². The highest BCUT2D eigenvalue weighted by atomic mass is 19.1. The zero-order chi connectivity index (χ0) is 17.1. The molecule has 128 valence electrons. The third-order valence-corrected chi connectivity index (χ3v) is 4.52. The Kier molecular flexibility index (Phi) is 4.87. The molecule has 24 heavy (non-hydrogen) atoms. The molecule has 0 spiro atoms. The fourth-order valence-electron chi connectivity index (χ4n) is 3.29. The standard InChI is InChI=1S/C17H22FN5O/c1-12-5-4-8-22(11-12)17(24)16(23-13(2)19-20-21-23)10-14-6-3-7-15(18)9-14/h3,6-7,9,12,16H,4-5,8,10-11H2,1-2H3. The number of nitrogens with zero attached hydrogens (tertiary/aromatic N) is 5. The van der Waals surface area contributed by atoms with Crippen LogP contribution in [0.1, 0.15) is 37.2 Å². The summed E-state index contributed by atoms with van der Waals surface area (Å²) in [7, 11) is 0. The van der Waals surface area contributed by atoms with Crippen LogP contribution in [0, 0.1) is 18.7 Å². The molecule has 0 saturated carbocycles. The number of likely N-dealkylation sites (tertiary alicyclic amines) is 1. The van der Waals surface area contributed by atoms with E-state index in [2.05, 4.69) is 22.4 Å². The van der Waals surface area contributed by atoms with E-state index in [1.807, 2.05) is 11.0 Å². The van der Waals surface area contributed by atoms with E-state index in [1.54, 1.807) is 17.7 Å². The van der Waals surface area contributed by atoms with E-state index in [0.717, 1.165) is 31.5 Å². The monoisotopic (exact) mass is 331 g/mol. The van der Waals surface area contributed by atoms with E-state index >= 15 is 0 Å². The van der Waals surface area contributed by atoms with Crippen molar-refractivity contribution in [2.24, 2.45) is 5.92 Å². The van der Waals surface area contributed by atoms with E-state index in [1.165, 1.54) is 12.1 Å². The van der Waals surface area contributed by atoms with Crippen molar-refractivity contribution in [1.82, 2.24) is 25.1 Å². The van der Waals surface area contributed by atoms with Gasteiger partial charge >= 0.3 is 0 Å². The average molecular weight is 331 g/mol. The summed E-state index contributed by atoms with van der Waals surface area (Å²) in [5.74, 6) is 0.766. The maximum Gasteiger partial charge on any atom is 0.247 e. The fourth-order valence-corrected chi connectivity index (χ4v) is 3.29. The van der Waals surface area contributed by atoms with Crippen LogP contribution < -0.4 is 0 Å². The Hall–Kier alpha value is -2.31. The molecule has 2 heterocycles. The van der Waals surface area contributed by atoms with Crippen LogP contribution in [0.5, 0.6) is 0 Å². The van der Waals surface area contributed by atoms with E-state index < -0.39 is 6.04 Å². The number of hydrogen-bond acceptors (Lipinski definition) is 4. The second-order valence-corrected chi connectivity index (χ2v) is 6.55. The molecule has 3 rings (SSSR count). The van der Waals surface area contributed by atoms with Crippen LogP contribution in [-0.4, -0.2) is 44.1 Å². The van der Waals surface area contributed by atoms with Gasteiger partial charge in [-0.1, -0.05) is 19.1 Å². The summed E-state index contributed by atoms with van der Waals surface area (Å²) in [4.78, 5) is 15.0. The Balaban J connectivity index is 1.87.